The maximum atomic E-state index is 12.9. The zero-order valence-electron chi connectivity index (χ0n) is 19.2. The van der Waals surface area contributed by atoms with Gasteiger partial charge in [0.2, 0.25) is 0 Å². The van der Waals surface area contributed by atoms with Gasteiger partial charge in [-0.2, -0.15) is 0 Å². The van der Waals surface area contributed by atoms with Gasteiger partial charge in [0.25, 0.3) is 5.91 Å². The third kappa shape index (κ3) is 5.24. The Morgan fingerprint density at radius 1 is 0.971 bits per heavy atom. The fraction of sp³-hybridized carbons (Fsp3) is 0.185. The molecular formula is C27H25ClN2O4. The molecule has 1 saturated heterocycles. The zero-order valence-corrected chi connectivity index (χ0v) is 20.0. The standard InChI is InChI=1S/C27H25ClN2O4/c1-17-7-9-19(10-8-17)16-34-25-22(28)12-21(14-24(25)33-3)13-23-26(31)30(27(32)29-23)15-20-6-4-5-18(2)11-20/h4-14H,15-16H2,1-3H3,(H,29,32)/b23-13+. The summed E-state index contributed by atoms with van der Waals surface area (Å²) < 4.78 is 11.4. The number of rotatable bonds is 7. The van der Waals surface area contributed by atoms with Gasteiger partial charge in [0.1, 0.15) is 12.3 Å². The Kier molecular flexibility index (Phi) is 6.89. The number of carbonyl (C=O) groups excluding carboxylic acids is 2. The molecular weight excluding hydrogens is 452 g/mol. The van der Waals surface area contributed by atoms with Crippen molar-refractivity contribution in [2.75, 3.05) is 7.11 Å². The van der Waals surface area contributed by atoms with Gasteiger partial charge in [-0.25, -0.2) is 4.79 Å². The second-order valence-corrected chi connectivity index (χ2v) is 8.58. The summed E-state index contributed by atoms with van der Waals surface area (Å²) in [7, 11) is 1.52. The Labute approximate surface area is 203 Å². The lowest BCUT2D eigenvalue weighted by atomic mass is 10.1. The Morgan fingerprint density at radius 3 is 2.44 bits per heavy atom. The number of nitrogens with one attached hydrogen (secondary N) is 1. The monoisotopic (exact) mass is 476 g/mol. The highest BCUT2D eigenvalue weighted by Gasteiger charge is 2.33. The minimum absolute atomic E-state index is 0.170. The molecule has 4 rings (SSSR count). The number of halogens is 1. The predicted octanol–water partition coefficient (Wildman–Crippen LogP) is 5.64. The highest BCUT2D eigenvalue weighted by atomic mass is 35.5. The molecule has 0 bridgehead atoms. The molecule has 1 aliphatic heterocycles. The van der Waals surface area contributed by atoms with E-state index in [4.69, 9.17) is 21.1 Å². The summed E-state index contributed by atoms with van der Waals surface area (Å²) in [5, 5.41) is 2.98. The Bertz CT molecular complexity index is 1270. The number of hydrogen-bond acceptors (Lipinski definition) is 4. The van der Waals surface area contributed by atoms with Crippen molar-refractivity contribution in [3.8, 4) is 11.5 Å². The molecule has 0 radical (unpaired) electrons. The first-order valence-corrected chi connectivity index (χ1v) is 11.2. The molecule has 6 nitrogen and oxygen atoms in total. The van der Waals surface area contributed by atoms with Gasteiger partial charge in [-0.05, 0) is 48.7 Å². The Hall–Kier alpha value is -3.77. The molecule has 0 unspecified atom stereocenters. The maximum absolute atomic E-state index is 12.9. The van der Waals surface area contributed by atoms with E-state index in [0.717, 1.165) is 16.7 Å². The Morgan fingerprint density at radius 2 is 1.74 bits per heavy atom. The van der Waals surface area contributed by atoms with Crippen LogP contribution in [0.25, 0.3) is 6.08 Å². The molecule has 0 spiro atoms. The summed E-state index contributed by atoms with van der Waals surface area (Å²) in [6, 6.07) is 18.6. The highest BCUT2D eigenvalue weighted by molar-refractivity contribution is 6.32. The van der Waals surface area contributed by atoms with Crippen molar-refractivity contribution in [3.63, 3.8) is 0 Å². The van der Waals surface area contributed by atoms with Gasteiger partial charge >= 0.3 is 6.03 Å². The minimum atomic E-state index is -0.464. The van der Waals surface area contributed by atoms with E-state index >= 15 is 0 Å². The van der Waals surface area contributed by atoms with Crippen LogP contribution >= 0.6 is 11.6 Å². The van der Waals surface area contributed by atoms with E-state index < -0.39 is 11.9 Å². The number of nitrogens with zero attached hydrogens (tertiary/aromatic N) is 1. The first-order chi connectivity index (χ1) is 16.3. The van der Waals surface area contributed by atoms with Gasteiger partial charge < -0.3 is 14.8 Å². The van der Waals surface area contributed by atoms with Crippen molar-refractivity contribution in [3.05, 3.63) is 99.2 Å². The summed E-state index contributed by atoms with van der Waals surface area (Å²) in [6.45, 7) is 4.52. The van der Waals surface area contributed by atoms with Crippen LogP contribution in [0.5, 0.6) is 11.5 Å². The fourth-order valence-corrected chi connectivity index (χ4v) is 3.95. The molecule has 3 aromatic rings. The number of amides is 3. The van der Waals surface area contributed by atoms with Crippen molar-refractivity contribution in [1.82, 2.24) is 10.2 Å². The number of imide groups is 1. The third-order valence-electron chi connectivity index (χ3n) is 5.45. The van der Waals surface area contributed by atoms with Crippen LogP contribution in [0.15, 0.2) is 66.4 Å². The third-order valence-corrected chi connectivity index (χ3v) is 5.73. The van der Waals surface area contributed by atoms with Crippen molar-refractivity contribution in [1.29, 1.82) is 0 Å². The summed E-state index contributed by atoms with van der Waals surface area (Å²) >= 11 is 6.49. The molecule has 0 aliphatic carbocycles. The van der Waals surface area contributed by atoms with Gasteiger partial charge in [0, 0.05) is 0 Å². The van der Waals surface area contributed by atoms with Crippen molar-refractivity contribution < 1.29 is 19.1 Å². The van der Waals surface area contributed by atoms with E-state index in [-0.39, 0.29) is 12.2 Å². The summed E-state index contributed by atoms with van der Waals surface area (Å²) in [5.74, 6) is 0.441. The van der Waals surface area contributed by atoms with E-state index in [0.29, 0.717) is 28.7 Å². The second-order valence-electron chi connectivity index (χ2n) is 8.18. The molecule has 3 aromatic carbocycles. The topological polar surface area (TPSA) is 67.9 Å². The number of aryl methyl sites for hydroxylation is 2. The van der Waals surface area contributed by atoms with E-state index in [1.165, 1.54) is 17.6 Å². The normalized spacial score (nSPS) is 14.5. The number of ether oxygens (including phenoxy) is 2. The van der Waals surface area contributed by atoms with Crippen LogP contribution in [0.4, 0.5) is 4.79 Å². The van der Waals surface area contributed by atoms with Gasteiger partial charge in [-0.15, -0.1) is 0 Å². The summed E-state index contributed by atoms with van der Waals surface area (Å²) in [6.07, 6.45) is 1.58. The average molecular weight is 477 g/mol. The lowest BCUT2D eigenvalue weighted by Gasteiger charge is -2.14. The number of hydrogen-bond donors (Lipinski definition) is 1. The van der Waals surface area contributed by atoms with E-state index in [9.17, 15) is 9.59 Å². The van der Waals surface area contributed by atoms with E-state index in [2.05, 4.69) is 5.32 Å². The minimum Gasteiger partial charge on any atom is -0.493 e. The smallest absolute Gasteiger partial charge is 0.329 e. The van der Waals surface area contributed by atoms with E-state index in [1.807, 2.05) is 62.4 Å². The lowest BCUT2D eigenvalue weighted by Crippen LogP contribution is -2.30. The first kappa shape index (κ1) is 23.4. The molecule has 1 fully saturated rings. The highest BCUT2D eigenvalue weighted by Crippen LogP contribution is 2.37. The molecule has 34 heavy (non-hydrogen) atoms. The van der Waals surface area contributed by atoms with Crippen LogP contribution in [0.3, 0.4) is 0 Å². The molecule has 1 heterocycles. The first-order valence-electron chi connectivity index (χ1n) is 10.8. The van der Waals surface area contributed by atoms with Crippen LogP contribution in [0, 0.1) is 13.8 Å². The predicted molar refractivity (Wildman–Crippen MR) is 132 cm³/mol. The largest absolute Gasteiger partial charge is 0.493 e. The second kappa shape index (κ2) is 10.0. The van der Waals surface area contributed by atoms with Crippen molar-refractivity contribution >= 4 is 29.6 Å². The molecule has 0 aromatic heterocycles. The number of carbonyl (C=O) groups is 2. The molecule has 1 aliphatic rings. The van der Waals surface area contributed by atoms with Crippen LogP contribution in [0.2, 0.25) is 5.02 Å². The molecule has 1 N–H and O–H groups in total. The zero-order chi connectivity index (χ0) is 24.2. The molecule has 0 saturated carbocycles. The fourth-order valence-electron chi connectivity index (χ4n) is 3.68. The number of benzene rings is 3. The maximum Gasteiger partial charge on any atom is 0.329 e. The van der Waals surface area contributed by atoms with E-state index in [1.54, 1.807) is 18.2 Å². The number of urea groups is 1. The van der Waals surface area contributed by atoms with Crippen LogP contribution in [-0.4, -0.2) is 23.9 Å². The van der Waals surface area contributed by atoms with Crippen molar-refractivity contribution in [2.24, 2.45) is 0 Å². The molecule has 174 valence electrons. The summed E-state index contributed by atoms with van der Waals surface area (Å²) in [5.41, 5.74) is 4.89. The van der Waals surface area contributed by atoms with Crippen molar-refractivity contribution in [2.45, 2.75) is 27.0 Å². The lowest BCUT2D eigenvalue weighted by molar-refractivity contribution is -0.123. The van der Waals surface area contributed by atoms with Gasteiger partial charge in [0.15, 0.2) is 11.5 Å². The van der Waals surface area contributed by atoms with Crippen LogP contribution in [-0.2, 0) is 17.9 Å². The Balaban J connectivity index is 1.53. The van der Waals surface area contributed by atoms with Crippen LogP contribution < -0.4 is 14.8 Å². The quantitative estimate of drug-likeness (QED) is 0.354. The molecule has 0 atom stereocenters. The summed E-state index contributed by atoms with van der Waals surface area (Å²) in [4.78, 5) is 26.5. The molecule has 3 amide bonds. The van der Waals surface area contributed by atoms with Gasteiger partial charge in [-0.3, -0.25) is 9.69 Å². The van der Waals surface area contributed by atoms with Crippen LogP contribution in [0.1, 0.15) is 27.8 Å². The SMILES string of the molecule is COc1cc(/C=C2/NC(=O)N(Cc3cccc(C)c3)C2=O)cc(Cl)c1OCc1ccc(C)cc1. The molecule has 7 heteroatoms. The average Bonchev–Trinajstić information content (AvgIpc) is 3.06. The van der Waals surface area contributed by atoms with Gasteiger partial charge in [0.05, 0.1) is 18.7 Å². The number of methoxy groups -OCH3 is 1. The van der Waals surface area contributed by atoms with Gasteiger partial charge in [-0.1, -0.05) is 71.3 Å².